The van der Waals surface area contributed by atoms with Gasteiger partial charge in [0.2, 0.25) is 10.0 Å². The average molecular weight is 476 g/mol. The highest BCUT2D eigenvalue weighted by molar-refractivity contribution is 7.89. The van der Waals surface area contributed by atoms with Gasteiger partial charge in [-0.25, -0.2) is 17.8 Å². The van der Waals surface area contributed by atoms with E-state index in [1.807, 2.05) is 29.6 Å². The van der Waals surface area contributed by atoms with E-state index in [0.29, 0.717) is 5.13 Å². The van der Waals surface area contributed by atoms with Crippen LogP contribution in [-0.2, 0) is 21.2 Å². The number of carbonyl (C=O) groups is 1. The highest BCUT2D eigenvalue weighted by Gasteiger charge is 2.29. The zero-order valence-corrected chi connectivity index (χ0v) is 19.0. The molecule has 0 bridgehead atoms. The van der Waals surface area contributed by atoms with Crippen LogP contribution in [-0.4, -0.2) is 49.9 Å². The van der Waals surface area contributed by atoms with E-state index in [2.05, 4.69) is 17.2 Å². The number of morpholine rings is 1. The summed E-state index contributed by atoms with van der Waals surface area (Å²) >= 11 is 1.26. The molecule has 1 N–H and O–H groups in total. The van der Waals surface area contributed by atoms with Crippen molar-refractivity contribution in [3.05, 3.63) is 64.8 Å². The summed E-state index contributed by atoms with van der Waals surface area (Å²) in [7, 11) is -4.07. The molecule has 1 aromatic heterocycles. The van der Waals surface area contributed by atoms with Crippen molar-refractivity contribution in [3.63, 3.8) is 0 Å². The quantitative estimate of drug-likeness (QED) is 0.586. The van der Waals surface area contributed by atoms with Gasteiger partial charge in [-0.05, 0) is 30.2 Å². The monoisotopic (exact) mass is 475 g/mol. The van der Waals surface area contributed by atoms with Crippen LogP contribution >= 0.6 is 11.3 Å². The predicted octanol–water partition coefficient (Wildman–Crippen LogP) is 3.78. The number of aromatic nitrogens is 1. The topological polar surface area (TPSA) is 88.6 Å². The number of hydrogen-bond donors (Lipinski definition) is 1. The fourth-order valence-corrected chi connectivity index (χ4v) is 5.53. The maximum absolute atomic E-state index is 14.4. The minimum Gasteiger partial charge on any atom is -0.379 e. The van der Waals surface area contributed by atoms with Crippen molar-refractivity contribution in [2.45, 2.75) is 18.2 Å². The van der Waals surface area contributed by atoms with Gasteiger partial charge in [0, 0.05) is 29.6 Å². The molecule has 168 valence electrons. The van der Waals surface area contributed by atoms with Gasteiger partial charge in [0.15, 0.2) is 5.13 Å². The molecule has 4 rings (SSSR count). The number of amides is 1. The van der Waals surface area contributed by atoms with Gasteiger partial charge in [0.25, 0.3) is 5.91 Å². The first kappa shape index (κ1) is 22.5. The predicted molar refractivity (Wildman–Crippen MR) is 121 cm³/mol. The minimum atomic E-state index is -4.07. The van der Waals surface area contributed by atoms with Crippen molar-refractivity contribution < 1.29 is 22.3 Å². The van der Waals surface area contributed by atoms with Crippen LogP contribution in [0.1, 0.15) is 22.8 Å². The lowest BCUT2D eigenvalue weighted by Crippen LogP contribution is -2.41. The van der Waals surface area contributed by atoms with Crippen molar-refractivity contribution in [2.75, 3.05) is 31.6 Å². The summed E-state index contributed by atoms with van der Waals surface area (Å²) in [6, 6.07) is 11.3. The number of thiazole rings is 1. The smallest absolute Gasteiger partial charge is 0.257 e. The van der Waals surface area contributed by atoms with E-state index in [1.165, 1.54) is 23.0 Å². The molecule has 0 aliphatic carbocycles. The van der Waals surface area contributed by atoms with Gasteiger partial charge in [-0.3, -0.25) is 10.1 Å². The van der Waals surface area contributed by atoms with E-state index in [9.17, 15) is 17.6 Å². The summed E-state index contributed by atoms with van der Waals surface area (Å²) < 4.78 is 46.4. The Morgan fingerprint density at radius 2 is 1.91 bits per heavy atom. The number of nitrogens with zero attached hydrogens (tertiary/aromatic N) is 2. The first-order valence-electron chi connectivity index (χ1n) is 10.1. The molecule has 3 aromatic rings. The molecular formula is C22H22FN3O4S2. The molecule has 0 spiro atoms. The van der Waals surface area contributed by atoms with Gasteiger partial charge in [0.1, 0.15) is 10.7 Å². The van der Waals surface area contributed by atoms with Gasteiger partial charge in [-0.2, -0.15) is 4.31 Å². The Kier molecular flexibility index (Phi) is 6.66. The Hall–Kier alpha value is -2.66. The van der Waals surface area contributed by atoms with E-state index < -0.39 is 26.6 Å². The fourth-order valence-electron chi connectivity index (χ4n) is 3.31. The summed E-state index contributed by atoms with van der Waals surface area (Å²) in [5, 5.41) is 4.86. The third-order valence-electron chi connectivity index (χ3n) is 5.16. The van der Waals surface area contributed by atoms with Crippen molar-refractivity contribution >= 4 is 32.4 Å². The summed E-state index contributed by atoms with van der Waals surface area (Å²) in [4.78, 5) is 16.6. The van der Waals surface area contributed by atoms with Crippen molar-refractivity contribution in [2.24, 2.45) is 0 Å². The van der Waals surface area contributed by atoms with Crippen LogP contribution in [0.4, 0.5) is 9.52 Å². The molecule has 1 aliphatic heterocycles. The Morgan fingerprint density at radius 3 is 2.59 bits per heavy atom. The van der Waals surface area contributed by atoms with Crippen LogP contribution in [0.25, 0.3) is 11.3 Å². The van der Waals surface area contributed by atoms with Gasteiger partial charge >= 0.3 is 0 Å². The van der Waals surface area contributed by atoms with Crippen LogP contribution in [0, 0.1) is 5.82 Å². The molecule has 7 nitrogen and oxygen atoms in total. The minimum absolute atomic E-state index is 0.0299. The van der Waals surface area contributed by atoms with Crippen LogP contribution < -0.4 is 5.32 Å². The molecule has 2 aromatic carbocycles. The lowest BCUT2D eigenvalue weighted by molar-refractivity contribution is 0.0729. The number of hydrogen-bond acceptors (Lipinski definition) is 6. The lowest BCUT2D eigenvalue weighted by atomic mass is 10.1. The normalized spacial score (nSPS) is 14.9. The summed E-state index contributed by atoms with van der Waals surface area (Å²) in [6.45, 7) is 2.85. The number of benzene rings is 2. The Morgan fingerprint density at radius 1 is 1.19 bits per heavy atom. The van der Waals surface area contributed by atoms with E-state index >= 15 is 0 Å². The third-order valence-corrected chi connectivity index (χ3v) is 7.84. The number of carbonyl (C=O) groups excluding carboxylic acids is 1. The molecule has 10 heteroatoms. The first-order chi connectivity index (χ1) is 15.4. The molecule has 2 heterocycles. The standard InChI is InChI=1S/C22H22FN3O4S2/c1-2-15-3-5-16(6-4-15)19-14-31-22(24-19)25-21(27)17-7-8-18(23)20(13-17)32(28,29)26-9-11-30-12-10-26/h3-8,13-14H,2,9-12H2,1H3,(H,24,25,27). The number of halogens is 1. The molecule has 1 saturated heterocycles. The van der Waals surface area contributed by atoms with Crippen LogP contribution in [0.5, 0.6) is 0 Å². The van der Waals surface area contributed by atoms with Crippen molar-refractivity contribution in [1.29, 1.82) is 0 Å². The van der Waals surface area contributed by atoms with E-state index in [-0.39, 0.29) is 31.9 Å². The molecule has 0 radical (unpaired) electrons. The van der Waals surface area contributed by atoms with Crippen LogP contribution in [0.15, 0.2) is 52.7 Å². The van der Waals surface area contributed by atoms with Gasteiger partial charge in [0.05, 0.1) is 18.9 Å². The van der Waals surface area contributed by atoms with E-state index in [1.54, 1.807) is 0 Å². The zero-order chi connectivity index (χ0) is 22.7. The van der Waals surface area contributed by atoms with Gasteiger partial charge in [-0.15, -0.1) is 11.3 Å². The SMILES string of the molecule is CCc1ccc(-c2csc(NC(=O)c3ccc(F)c(S(=O)(=O)N4CCOCC4)c3)n2)cc1. The molecule has 0 saturated carbocycles. The number of nitrogens with one attached hydrogen (secondary N) is 1. The number of sulfonamides is 1. The third kappa shape index (κ3) is 4.73. The number of aryl methyl sites for hydroxylation is 1. The first-order valence-corrected chi connectivity index (χ1v) is 12.4. The molecule has 1 aliphatic rings. The van der Waals surface area contributed by atoms with Gasteiger partial charge < -0.3 is 4.74 Å². The van der Waals surface area contributed by atoms with Crippen LogP contribution in [0.2, 0.25) is 0 Å². The zero-order valence-electron chi connectivity index (χ0n) is 17.4. The number of anilines is 1. The maximum Gasteiger partial charge on any atom is 0.257 e. The average Bonchev–Trinajstić information content (AvgIpc) is 3.28. The molecular weight excluding hydrogens is 453 g/mol. The highest BCUT2D eigenvalue weighted by atomic mass is 32.2. The largest absolute Gasteiger partial charge is 0.379 e. The molecule has 1 fully saturated rings. The maximum atomic E-state index is 14.4. The molecule has 0 unspecified atom stereocenters. The number of ether oxygens (including phenoxy) is 1. The number of rotatable bonds is 6. The van der Waals surface area contributed by atoms with E-state index in [4.69, 9.17) is 4.74 Å². The van der Waals surface area contributed by atoms with Crippen molar-refractivity contribution in [1.82, 2.24) is 9.29 Å². The van der Waals surface area contributed by atoms with Gasteiger partial charge in [-0.1, -0.05) is 31.2 Å². The molecule has 32 heavy (non-hydrogen) atoms. The van der Waals surface area contributed by atoms with Crippen LogP contribution in [0.3, 0.4) is 0 Å². The second-order valence-corrected chi connectivity index (χ2v) is 9.97. The van der Waals surface area contributed by atoms with E-state index in [0.717, 1.165) is 34.1 Å². The highest BCUT2D eigenvalue weighted by Crippen LogP contribution is 2.26. The summed E-state index contributed by atoms with van der Waals surface area (Å²) in [5.41, 5.74) is 2.90. The fraction of sp³-hybridized carbons (Fsp3) is 0.273. The summed E-state index contributed by atoms with van der Waals surface area (Å²) in [5.74, 6) is -1.47. The van der Waals surface area contributed by atoms with Crippen molar-refractivity contribution in [3.8, 4) is 11.3 Å². The Labute approximate surface area is 189 Å². The lowest BCUT2D eigenvalue weighted by Gasteiger charge is -2.26. The Bertz CT molecular complexity index is 1220. The Balaban J connectivity index is 1.53. The summed E-state index contributed by atoms with van der Waals surface area (Å²) in [6.07, 6.45) is 0.944. The second kappa shape index (κ2) is 9.45. The molecule has 1 amide bonds. The molecule has 0 atom stereocenters. The second-order valence-electron chi connectivity index (χ2n) is 7.20.